The first-order valence-electron chi connectivity index (χ1n) is 6.04. The fourth-order valence-electron chi connectivity index (χ4n) is 2.02. The first-order valence-corrected chi connectivity index (χ1v) is 6.04. The fourth-order valence-corrected chi connectivity index (χ4v) is 2.02. The highest BCUT2D eigenvalue weighted by molar-refractivity contribution is 5.82. The molecule has 0 aliphatic heterocycles. The zero-order valence-corrected chi connectivity index (χ0v) is 11.3. The highest BCUT2D eigenvalue weighted by Crippen LogP contribution is 2.22. The number of anilines is 1. The summed E-state index contributed by atoms with van der Waals surface area (Å²) in [4.78, 5) is 8.81. The highest BCUT2D eigenvalue weighted by atomic mass is 15.3. The summed E-state index contributed by atoms with van der Waals surface area (Å²) in [6.45, 7) is 6.08. The predicted molar refractivity (Wildman–Crippen MR) is 72.6 cm³/mol. The molecule has 0 fully saturated rings. The molecule has 0 aliphatic rings. The summed E-state index contributed by atoms with van der Waals surface area (Å²) in [5.74, 6) is 1.27. The van der Waals surface area contributed by atoms with Crippen molar-refractivity contribution in [2.75, 3.05) is 12.4 Å². The number of aromatic nitrogens is 6. The van der Waals surface area contributed by atoms with Crippen LogP contribution < -0.4 is 5.32 Å². The standard InChI is InChI=1S/C12H15N7/c1-6-7(2)18-19(8(6)3)11-9-5-14-17-10(9)15-12(13-4)16-11/h5H,1-4H3,(H2,13,14,15,16,17). The van der Waals surface area contributed by atoms with E-state index in [9.17, 15) is 0 Å². The maximum atomic E-state index is 4.54. The maximum absolute atomic E-state index is 4.54. The lowest BCUT2D eigenvalue weighted by atomic mass is 10.2. The van der Waals surface area contributed by atoms with Crippen LogP contribution in [-0.2, 0) is 0 Å². The molecule has 7 heteroatoms. The van der Waals surface area contributed by atoms with Crippen molar-refractivity contribution in [1.82, 2.24) is 29.9 Å². The summed E-state index contributed by atoms with van der Waals surface area (Å²) in [5, 5.41) is 15.2. The minimum Gasteiger partial charge on any atom is -0.357 e. The van der Waals surface area contributed by atoms with E-state index in [0.29, 0.717) is 11.6 Å². The largest absolute Gasteiger partial charge is 0.357 e. The van der Waals surface area contributed by atoms with E-state index in [2.05, 4.69) is 37.5 Å². The molecule has 0 radical (unpaired) electrons. The van der Waals surface area contributed by atoms with Gasteiger partial charge in [-0.25, -0.2) is 4.68 Å². The van der Waals surface area contributed by atoms with Gasteiger partial charge in [0.05, 0.1) is 17.3 Å². The van der Waals surface area contributed by atoms with Gasteiger partial charge in [-0.2, -0.15) is 20.2 Å². The molecule has 2 N–H and O–H groups in total. The second kappa shape index (κ2) is 4.04. The minimum absolute atomic E-state index is 0.539. The van der Waals surface area contributed by atoms with Crippen LogP contribution in [0, 0.1) is 20.8 Å². The number of hydrogen-bond donors (Lipinski definition) is 2. The summed E-state index contributed by atoms with van der Waals surface area (Å²) in [6.07, 6.45) is 1.72. The minimum atomic E-state index is 0.539. The Hall–Kier alpha value is -2.44. The summed E-state index contributed by atoms with van der Waals surface area (Å²) in [5.41, 5.74) is 3.93. The van der Waals surface area contributed by atoms with Crippen LogP contribution in [-0.4, -0.2) is 37.0 Å². The van der Waals surface area contributed by atoms with Gasteiger partial charge in [-0.15, -0.1) is 0 Å². The molecular formula is C12H15N7. The number of aromatic amines is 1. The molecule has 3 aromatic rings. The van der Waals surface area contributed by atoms with Crippen molar-refractivity contribution >= 4 is 17.0 Å². The second-order valence-electron chi connectivity index (χ2n) is 4.46. The average Bonchev–Trinajstić information content (AvgIpc) is 2.98. The summed E-state index contributed by atoms with van der Waals surface area (Å²) in [6, 6.07) is 0. The molecule has 0 saturated carbocycles. The zero-order chi connectivity index (χ0) is 13.6. The van der Waals surface area contributed by atoms with Crippen LogP contribution in [0.3, 0.4) is 0 Å². The molecule has 98 valence electrons. The number of rotatable bonds is 2. The van der Waals surface area contributed by atoms with E-state index < -0.39 is 0 Å². The smallest absolute Gasteiger partial charge is 0.226 e. The van der Waals surface area contributed by atoms with E-state index in [0.717, 1.165) is 22.6 Å². The summed E-state index contributed by atoms with van der Waals surface area (Å²) < 4.78 is 1.84. The van der Waals surface area contributed by atoms with Gasteiger partial charge in [-0.05, 0) is 26.3 Å². The fraction of sp³-hybridized carbons (Fsp3) is 0.333. The van der Waals surface area contributed by atoms with Gasteiger partial charge in [0.15, 0.2) is 11.5 Å². The van der Waals surface area contributed by atoms with Crippen molar-refractivity contribution in [2.24, 2.45) is 0 Å². The molecular weight excluding hydrogens is 242 g/mol. The van der Waals surface area contributed by atoms with Crippen molar-refractivity contribution in [3.8, 4) is 5.82 Å². The molecule has 3 aromatic heterocycles. The first-order chi connectivity index (χ1) is 9.11. The normalized spacial score (nSPS) is 11.2. The van der Waals surface area contributed by atoms with E-state index >= 15 is 0 Å². The number of nitrogens with zero attached hydrogens (tertiary/aromatic N) is 5. The molecule has 7 nitrogen and oxygen atoms in total. The number of H-pyrrole nitrogens is 1. The van der Waals surface area contributed by atoms with Gasteiger partial charge in [-0.3, -0.25) is 5.10 Å². The van der Waals surface area contributed by atoms with Crippen LogP contribution in [0.4, 0.5) is 5.95 Å². The van der Waals surface area contributed by atoms with Crippen LogP contribution in [0.15, 0.2) is 6.20 Å². The van der Waals surface area contributed by atoms with Crippen molar-refractivity contribution in [2.45, 2.75) is 20.8 Å². The molecule has 0 amide bonds. The SMILES string of the molecule is CNc1nc(-n2nc(C)c(C)c2C)c2cn[nH]c2n1. The Bertz CT molecular complexity index is 753. The Morgan fingerprint density at radius 2 is 2.00 bits per heavy atom. The third-order valence-corrected chi connectivity index (χ3v) is 3.37. The van der Waals surface area contributed by atoms with Gasteiger partial charge in [-0.1, -0.05) is 0 Å². The van der Waals surface area contributed by atoms with E-state index in [4.69, 9.17) is 0 Å². The van der Waals surface area contributed by atoms with Crippen LogP contribution in [0.2, 0.25) is 0 Å². The Morgan fingerprint density at radius 1 is 1.21 bits per heavy atom. The number of fused-ring (bicyclic) bond motifs is 1. The maximum Gasteiger partial charge on any atom is 0.226 e. The van der Waals surface area contributed by atoms with E-state index in [1.54, 1.807) is 13.2 Å². The van der Waals surface area contributed by atoms with Crippen LogP contribution in [0.1, 0.15) is 17.0 Å². The van der Waals surface area contributed by atoms with Crippen LogP contribution >= 0.6 is 0 Å². The molecule has 19 heavy (non-hydrogen) atoms. The molecule has 0 bridgehead atoms. The number of hydrogen-bond acceptors (Lipinski definition) is 5. The van der Waals surface area contributed by atoms with Gasteiger partial charge < -0.3 is 5.32 Å². The van der Waals surface area contributed by atoms with Gasteiger partial charge in [0.25, 0.3) is 0 Å². The molecule has 0 atom stereocenters. The lowest BCUT2D eigenvalue weighted by Gasteiger charge is -2.07. The third-order valence-electron chi connectivity index (χ3n) is 3.37. The summed E-state index contributed by atoms with van der Waals surface area (Å²) >= 11 is 0. The lowest BCUT2D eigenvalue weighted by molar-refractivity contribution is 0.811. The predicted octanol–water partition coefficient (Wildman–Crippen LogP) is 1.51. The third kappa shape index (κ3) is 1.66. The van der Waals surface area contributed by atoms with E-state index in [1.165, 1.54) is 5.56 Å². The molecule has 0 aliphatic carbocycles. The van der Waals surface area contributed by atoms with Crippen molar-refractivity contribution in [3.63, 3.8) is 0 Å². The monoisotopic (exact) mass is 257 g/mol. The molecule has 3 heterocycles. The Morgan fingerprint density at radius 3 is 2.63 bits per heavy atom. The lowest BCUT2D eigenvalue weighted by Crippen LogP contribution is -2.06. The second-order valence-corrected chi connectivity index (χ2v) is 4.46. The average molecular weight is 257 g/mol. The van der Waals surface area contributed by atoms with Crippen LogP contribution in [0.5, 0.6) is 0 Å². The van der Waals surface area contributed by atoms with Crippen LogP contribution in [0.25, 0.3) is 16.9 Å². The Labute approximate surface area is 110 Å². The molecule has 0 aromatic carbocycles. The van der Waals surface area contributed by atoms with Gasteiger partial charge >= 0.3 is 0 Å². The van der Waals surface area contributed by atoms with Gasteiger partial charge in [0, 0.05) is 12.7 Å². The van der Waals surface area contributed by atoms with Crippen molar-refractivity contribution in [3.05, 3.63) is 23.1 Å². The van der Waals surface area contributed by atoms with Gasteiger partial charge in [0.2, 0.25) is 5.95 Å². The van der Waals surface area contributed by atoms with Gasteiger partial charge in [0.1, 0.15) is 0 Å². The first kappa shape index (κ1) is 11.6. The molecule has 0 spiro atoms. The molecule has 3 rings (SSSR count). The van der Waals surface area contributed by atoms with E-state index in [-0.39, 0.29) is 0 Å². The number of aryl methyl sites for hydroxylation is 1. The number of nitrogens with one attached hydrogen (secondary N) is 2. The zero-order valence-electron chi connectivity index (χ0n) is 11.3. The Balaban J connectivity index is 2.34. The Kier molecular flexibility index (Phi) is 2.48. The summed E-state index contributed by atoms with van der Waals surface area (Å²) in [7, 11) is 1.79. The topological polar surface area (TPSA) is 84.3 Å². The highest BCUT2D eigenvalue weighted by Gasteiger charge is 2.15. The molecule has 0 unspecified atom stereocenters. The quantitative estimate of drug-likeness (QED) is 0.727. The van der Waals surface area contributed by atoms with Crippen molar-refractivity contribution in [1.29, 1.82) is 0 Å². The van der Waals surface area contributed by atoms with Crippen molar-refractivity contribution < 1.29 is 0 Å². The van der Waals surface area contributed by atoms with E-state index in [1.807, 2.05) is 18.5 Å². The molecule has 0 saturated heterocycles.